The zero-order chi connectivity index (χ0) is 27.0. The van der Waals surface area contributed by atoms with Gasteiger partial charge in [-0.15, -0.1) is 0 Å². The third kappa shape index (κ3) is 7.54. The number of nitrogens with zero attached hydrogens (tertiary/aromatic N) is 2. The third-order valence-electron chi connectivity index (χ3n) is 5.88. The van der Waals surface area contributed by atoms with Crippen LogP contribution in [0.25, 0.3) is 0 Å². The van der Waals surface area contributed by atoms with Crippen LogP contribution < -0.4 is 9.62 Å². The number of amides is 2. The number of anilines is 1. The van der Waals surface area contributed by atoms with E-state index in [1.165, 1.54) is 17.0 Å². The quantitative estimate of drug-likeness (QED) is 0.310. The number of carbonyl (C=O) groups excluding carboxylic acids is 2. The molecule has 1 N–H and O–H groups in total. The Balaban J connectivity index is 2.00. The molecule has 3 aromatic carbocycles. The molecule has 0 aliphatic carbocycles. The first-order valence-electron chi connectivity index (χ1n) is 12.1. The van der Waals surface area contributed by atoms with Gasteiger partial charge >= 0.3 is 0 Å². The summed E-state index contributed by atoms with van der Waals surface area (Å²) < 4.78 is 29.4. The van der Waals surface area contributed by atoms with Gasteiger partial charge in [0, 0.05) is 16.7 Å². The summed E-state index contributed by atoms with van der Waals surface area (Å²) in [6.07, 6.45) is 0.764. The highest BCUT2D eigenvalue weighted by atomic mass is 127. The first-order chi connectivity index (χ1) is 17.6. The van der Waals surface area contributed by atoms with Crippen molar-refractivity contribution in [2.75, 3.05) is 17.4 Å². The highest BCUT2D eigenvalue weighted by molar-refractivity contribution is 14.1. The molecule has 1 atom stereocenters. The van der Waals surface area contributed by atoms with Crippen LogP contribution in [-0.2, 0) is 26.2 Å². The molecule has 0 fully saturated rings. The van der Waals surface area contributed by atoms with E-state index in [2.05, 4.69) is 27.9 Å². The molecule has 0 saturated heterocycles. The number of nitrogens with one attached hydrogen (secondary N) is 1. The number of hydrogen-bond acceptors (Lipinski definition) is 4. The lowest BCUT2D eigenvalue weighted by molar-refractivity contribution is -0.139. The highest BCUT2D eigenvalue weighted by Gasteiger charge is 2.32. The van der Waals surface area contributed by atoms with Gasteiger partial charge in [-0.3, -0.25) is 13.9 Å². The van der Waals surface area contributed by atoms with Crippen LogP contribution >= 0.6 is 22.6 Å². The van der Waals surface area contributed by atoms with E-state index in [0.717, 1.165) is 25.4 Å². The minimum absolute atomic E-state index is 0.0836. The molecule has 7 nitrogen and oxygen atoms in total. The van der Waals surface area contributed by atoms with E-state index in [9.17, 15) is 18.0 Å². The van der Waals surface area contributed by atoms with Crippen molar-refractivity contribution >= 4 is 50.1 Å². The first-order valence-corrected chi connectivity index (χ1v) is 14.6. The summed E-state index contributed by atoms with van der Waals surface area (Å²) in [5, 5.41) is 2.85. The van der Waals surface area contributed by atoms with Gasteiger partial charge in [0.05, 0.1) is 10.6 Å². The molecule has 3 rings (SSSR count). The number of sulfonamides is 1. The van der Waals surface area contributed by atoms with Crippen molar-refractivity contribution in [2.45, 2.75) is 44.7 Å². The molecule has 0 aliphatic rings. The van der Waals surface area contributed by atoms with E-state index >= 15 is 0 Å². The topological polar surface area (TPSA) is 86.8 Å². The smallest absolute Gasteiger partial charge is 0.264 e. The Morgan fingerprint density at radius 1 is 0.973 bits per heavy atom. The minimum Gasteiger partial charge on any atom is -0.354 e. The zero-order valence-electron chi connectivity index (χ0n) is 21.2. The fraction of sp³-hybridized carbons (Fsp3) is 0.286. The molecule has 196 valence electrons. The van der Waals surface area contributed by atoms with Crippen LogP contribution in [-0.4, -0.2) is 44.3 Å². The summed E-state index contributed by atoms with van der Waals surface area (Å²) in [7, 11) is -4.05. The second-order valence-corrected chi connectivity index (χ2v) is 11.9. The molecular weight excluding hydrogens is 601 g/mol. The Bertz CT molecular complexity index is 1310. The molecule has 0 aliphatic heterocycles. The third-order valence-corrected chi connectivity index (χ3v) is 8.38. The number of halogens is 1. The van der Waals surface area contributed by atoms with Crippen molar-refractivity contribution < 1.29 is 18.0 Å². The van der Waals surface area contributed by atoms with Gasteiger partial charge < -0.3 is 10.2 Å². The fourth-order valence-electron chi connectivity index (χ4n) is 3.84. The normalized spacial score (nSPS) is 12.0. The average molecular weight is 634 g/mol. The molecule has 0 heterocycles. The molecule has 37 heavy (non-hydrogen) atoms. The number of carbonyl (C=O) groups is 2. The van der Waals surface area contributed by atoms with Crippen LogP contribution in [0.15, 0.2) is 83.8 Å². The molecule has 0 radical (unpaired) electrons. The number of benzene rings is 3. The molecule has 0 spiro atoms. The molecule has 9 heteroatoms. The van der Waals surface area contributed by atoms with Crippen LogP contribution in [0, 0.1) is 10.5 Å². The van der Waals surface area contributed by atoms with Crippen LogP contribution in [0.5, 0.6) is 0 Å². The van der Waals surface area contributed by atoms with E-state index in [-0.39, 0.29) is 17.3 Å². The van der Waals surface area contributed by atoms with Crippen LogP contribution in [0.2, 0.25) is 0 Å². The molecule has 0 saturated carbocycles. The van der Waals surface area contributed by atoms with E-state index in [0.29, 0.717) is 12.2 Å². The average Bonchev–Trinajstić information content (AvgIpc) is 2.89. The lowest BCUT2D eigenvalue weighted by atomic mass is 10.1. The Hall–Kier alpha value is -2.92. The van der Waals surface area contributed by atoms with Gasteiger partial charge in [-0.25, -0.2) is 8.42 Å². The summed E-state index contributed by atoms with van der Waals surface area (Å²) in [5.41, 5.74) is 2.26. The van der Waals surface area contributed by atoms with Gasteiger partial charge in [0.2, 0.25) is 11.8 Å². The molecule has 2 amide bonds. The minimum atomic E-state index is -4.05. The Morgan fingerprint density at radius 3 is 2.27 bits per heavy atom. The zero-order valence-corrected chi connectivity index (χ0v) is 24.2. The summed E-state index contributed by atoms with van der Waals surface area (Å²) in [6.45, 7) is 5.79. The van der Waals surface area contributed by atoms with Crippen molar-refractivity contribution in [2.24, 2.45) is 0 Å². The van der Waals surface area contributed by atoms with Gasteiger partial charge in [-0.05, 0) is 84.8 Å². The predicted molar refractivity (Wildman–Crippen MR) is 155 cm³/mol. The van der Waals surface area contributed by atoms with E-state index in [1.54, 1.807) is 49.4 Å². The van der Waals surface area contributed by atoms with Crippen LogP contribution in [0.1, 0.15) is 31.4 Å². The second kappa shape index (κ2) is 13.0. The number of hydrogen-bond donors (Lipinski definition) is 1. The van der Waals surface area contributed by atoms with Gasteiger partial charge in [0.1, 0.15) is 12.6 Å². The lowest BCUT2D eigenvalue weighted by Gasteiger charge is -2.32. The van der Waals surface area contributed by atoms with Crippen molar-refractivity contribution in [3.8, 4) is 0 Å². The Labute approximate surface area is 233 Å². The van der Waals surface area contributed by atoms with Gasteiger partial charge in [0.15, 0.2) is 0 Å². The van der Waals surface area contributed by atoms with Crippen molar-refractivity contribution in [3.63, 3.8) is 0 Å². The maximum absolute atomic E-state index is 13.8. The Kier molecular flexibility index (Phi) is 10.1. The maximum Gasteiger partial charge on any atom is 0.264 e. The summed E-state index contributed by atoms with van der Waals surface area (Å²) in [4.78, 5) is 28.2. The van der Waals surface area contributed by atoms with Crippen molar-refractivity contribution in [3.05, 3.63) is 93.6 Å². The number of rotatable bonds is 11. The van der Waals surface area contributed by atoms with Gasteiger partial charge in [-0.2, -0.15) is 0 Å². The molecule has 0 bridgehead atoms. The monoisotopic (exact) mass is 633 g/mol. The molecular formula is C28H32IN3O4S. The van der Waals surface area contributed by atoms with Crippen LogP contribution in [0.4, 0.5) is 5.69 Å². The molecule has 0 aromatic heterocycles. The predicted octanol–water partition coefficient (Wildman–Crippen LogP) is 4.74. The SMILES string of the molecule is CCCNC(=O)C(C)N(Cc1cccc(C)c1)C(=O)CN(c1ccc(I)cc1)S(=O)(=O)c1ccccc1. The van der Waals surface area contributed by atoms with Gasteiger partial charge in [-0.1, -0.05) is 55.0 Å². The first kappa shape index (κ1) is 28.6. The largest absolute Gasteiger partial charge is 0.354 e. The number of aryl methyl sites for hydroxylation is 1. The standard InChI is InChI=1S/C28H32IN3O4S/c1-4-17-30-28(34)22(3)31(19-23-10-8-9-21(2)18-23)27(33)20-32(25-15-13-24(29)14-16-25)37(35,36)26-11-6-5-7-12-26/h5-16,18,22H,4,17,19-20H2,1-3H3,(H,30,34). The Morgan fingerprint density at radius 2 is 1.65 bits per heavy atom. The fourth-order valence-corrected chi connectivity index (χ4v) is 5.64. The van der Waals surface area contributed by atoms with Crippen molar-refractivity contribution in [1.82, 2.24) is 10.2 Å². The van der Waals surface area contributed by atoms with Gasteiger partial charge in [0.25, 0.3) is 10.0 Å². The van der Waals surface area contributed by atoms with E-state index < -0.39 is 28.5 Å². The second-order valence-electron chi connectivity index (χ2n) is 8.78. The lowest BCUT2D eigenvalue weighted by Crippen LogP contribution is -2.51. The van der Waals surface area contributed by atoms with Crippen molar-refractivity contribution in [1.29, 1.82) is 0 Å². The summed E-state index contributed by atoms with van der Waals surface area (Å²) >= 11 is 2.14. The van der Waals surface area contributed by atoms with E-state index in [4.69, 9.17) is 0 Å². The van der Waals surface area contributed by atoms with Crippen LogP contribution in [0.3, 0.4) is 0 Å². The van der Waals surface area contributed by atoms with E-state index in [1.807, 2.05) is 38.1 Å². The summed E-state index contributed by atoms with van der Waals surface area (Å²) in [5.74, 6) is -0.756. The highest BCUT2D eigenvalue weighted by Crippen LogP contribution is 2.25. The maximum atomic E-state index is 13.8. The molecule has 3 aromatic rings. The molecule has 1 unspecified atom stereocenters. The summed E-state index contributed by atoms with van der Waals surface area (Å²) in [6, 6.07) is 21.9.